The first-order chi connectivity index (χ1) is 16.5. The molecule has 0 aliphatic carbocycles. The number of benzene rings is 3. The Morgan fingerprint density at radius 3 is 2.29 bits per heavy atom. The molecule has 14 heteroatoms. The van der Waals surface area contributed by atoms with Crippen LogP contribution in [-0.4, -0.2) is 38.1 Å². The van der Waals surface area contributed by atoms with Crippen molar-refractivity contribution in [3.63, 3.8) is 0 Å². The SMILES string of the molecule is COc1cc(/N=N/c2cccc(S(=O)(=O)O)c2)ccc1NC(=O)Nc1cccc(P(=O)(O)OC)c1. The first kappa shape index (κ1) is 26.0. The Balaban J connectivity index is 1.73. The molecule has 0 aromatic heterocycles. The number of hydrogen-bond donors (Lipinski definition) is 4. The number of amides is 2. The lowest BCUT2D eigenvalue weighted by Gasteiger charge is -2.13. The van der Waals surface area contributed by atoms with Crippen molar-refractivity contribution in [3.05, 3.63) is 66.7 Å². The lowest BCUT2D eigenvalue weighted by Crippen LogP contribution is -2.20. The van der Waals surface area contributed by atoms with Crippen LogP contribution in [-0.2, 0) is 19.2 Å². The molecule has 184 valence electrons. The van der Waals surface area contributed by atoms with Crippen LogP contribution in [0.25, 0.3) is 0 Å². The van der Waals surface area contributed by atoms with Crippen LogP contribution in [0.5, 0.6) is 5.75 Å². The minimum absolute atomic E-state index is 0.0206. The van der Waals surface area contributed by atoms with E-state index in [0.29, 0.717) is 11.4 Å². The summed E-state index contributed by atoms with van der Waals surface area (Å²) in [6.07, 6.45) is 0. The third-order valence-electron chi connectivity index (χ3n) is 4.51. The van der Waals surface area contributed by atoms with Gasteiger partial charge in [-0.1, -0.05) is 12.1 Å². The third kappa shape index (κ3) is 6.94. The fourth-order valence-electron chi connectivity index (χ4n) is 2.82. The van der Waals surface area contributed by atoms with Gasteiger partial charge in [0.2, 0.25) is 0 Å². The Kier molecular flexibility index (Phi) is 7.99. The molecule has 0 spiro atoms. The van der Waals surface area contributed by atoms with Crippen LogP contribution < -0.4 is 20.7 Å². The van der Waals surface area contributed by atoms with Gasteiger partial charge in [0, 0.05) is 18.9 Å². The quantitative estimate of drug-likeness (QED) is 0.191. The van der Waals surface area contributed by atoms with Crippen LogP contribution in [0.2, 0.25) is 0 Å². The smallest absolute Gasteiger partial charge is 0.358 e. The maximum atomic E-state index is 12.4. The van der Waals surface area contributed by atoms with Gasteiger partial charge in [0.25, 0.3) is 10.1 Å². The van der Waals surface area contributed by atoms with Crippen molar-refractivity contribution in [2.45, 2.75) is 4.90 Å². The molecule has 0 radical (unpaired) electrons. The summed E-state index contributed by atoms with van der Waals surface area (Å²) in [7, 11) is -5.84. The fourth-order valence-corrected chi connectivity index (χ4v) is 4.12. The molecule has 35 heavy (non-hydrogen) atoms. The number of hydrogen-bond acceptors (Lipinski definition) is 8. The maximum Gasteiger partial charge on any atom is 0.358 e. The highest BCUT2D eigenvalue weighted by atomic mass is 32.2. The van der Waals surface area contributed by atoms with Gasteiger partial charge < -0.3 is 24.8 Å². The number of nitrogens with one attached hydrogen (secondary N) is 2. The van der Waals surface area contributed by atoms with Crippen molar-refractivity contribution >= 4 is 51.8 Å². The molecular weight excluding hydrogens is 499 g/mol. The highest BCUT2D eigenvalue weighted by Crippen LogP contribution is 2.39. The first-order valence-electron chi connectivity index (χ1n) is 9.76. The van der Waals surface area contributed by atoms with E-state index in [-0.39, 0.29) is 27.3 Å². The van der Waals surface area contributed by atoms with Crippen LogP contribution in [0.1, 0.15) is 0 Å². The summed E-state index contributed by atoms with van der Waals surface area (Å²) in [5, 5.41) is 13.1. The Morgan fingerprint density at radius 1 is 0.943 bits per heavy atom. The molecule has 3 aromatic carbocycles. The predicted octanol–water partition coefficient (Wildman–Crippen LogP) is 4.46. The number of nitrogens with zero attached hydrogens (tertiary/aromatic N) is 2. The van der Waals surface area contributed by atoms with Crippen molar-refractivity contribution in [1.82, 2.24) is 0 Å². The number of carbonyl (C=O) groups is 1. The molecule has 3 aromatic rings. The van der Waals surface area contributed by atoms with Crippen molar-refractivity contribution < 1.29 is 36.5 Å². The first-order valence-corrected chi connectivity index (χ1v) is 12.8. The van der Waals surface area contributed by atoms with Crippen LogP contribution >= 0.6 is 7.60 Å². The van der Waals surface area contributed by atoms with Gasteiger partial charge in [-0.3, -0.25) is 9.12 Å². The highest BCUT2D eigenvalue weighted by molar-refractivity contribution is 7.85. The number of ether oxygens (including phenoxy) is 1. The zero-order chi connectivity index (χ0) is 25.6. The molecule has 3 rings (SSSR count). The molecule has 0 bridgehead atoms. The summed E-state index contributed by atoms with van der Waals surface area (Å²) in [5.41, 5.74) is 1.11. The number of rotatable bonds is 8. The molecule has 0 aliphatic rings. The van der Waals surface area contributed by atoms with Gasteiger partial charge >= 0.3 is 13.6 Å². The highest BCUT2D eigenvalue weighted by Gasteiger charge is 2.21. The molecule has 0 saturated carbocycles. The second kappa shape index (κ2) is 10.8. The molecule has 1 atom stereocenters. The van der Waals surface area contributed by atoms with Crippen molar-refractivity contribution in [2.75, 3.05) is 24.9 Å². The standard InChI is InChI=1S/C21H21N4O8PS/c1-32-20-13-16(25-24-15-6-4-8-18(12-15)35(29,30)31)9-10-19(20)23-21(26)22-14-5-3-7-17(11-14)34(27,28)33-2/h3-13H,1-2H3,(H,27,28)(H2,22,23,26)(H,29,30,31)/b25-24+. The molecule has 4 N–H and O–H groups in total. The molecule has 2 amide bonds. The molecule has 1 unspecified atom stereocenters. The van der Waals surface area contributed by atoms with E-state index in [4.69, 9.17) is 9.29 Å². The molecule has 0 fully saturated rings. The largest absolute Gasteiger partial charge is 0.494 e. The molecular formula is C21H21N4O8PS. The summed E-state index contributed by atoms with van der Waals surface area (Å²) in [5.74, 6) is 0.260. The Labute approximate surface area is 200 Å². The van der Waals surface area contributed by atoms with Gasteiger partial charge in [0.1, 0.15) is 5.75 Å². The van der Waals surface area contributed by atoms with E-state index >= 15 is 0 Å². The number of methoxy groups -OCH3 is 1. The van der Waals surface area contributed by atoms with Gasteiger partial charge in [-0.2, -0.15) is 18.6 Å². The zero-order valence-electron chi connectivity index (χ0n) is 18.4. The number of anilines is 2. The average molecular weight is 520 g/mol. The Bertz CT molecular complexity index is 1430. The lowest BCUT2D eigenvalue weighted by atomic mass is 10.2. The van der Waals surface area contributed by atoms with Crippen LogP contribution in [0, 0.1) is 0 Å². The summed E-state index contributed by atoms with van der Waals surface area (Å²) >= 11 is 0. The van der Waals surface area contributed by atoms with E-state index in [1.165, 1.54) is 67.8 Å². The number of azo groups is 1. The van der Waals surface area contributed by atoms with E-state index in [9.17, 15) is 22.7 Å². The molecule has 0 saturated heterocycles. The summed E-state index contributed by atoms with van der Waals surface area (Å²) in [6, 6.07) is 15.0. The number of carbonyl (C=O) groups excluding carboxylic acids is 1. The molecule has 12 nitrogen and oxygen atoms in total. The van der Waals surface area contributed by atoms with E-state index < -0.39 is 23.7 Å². The van der Waals surface area contributed by atoms with Gasteiger partial charge in [0.15, 0.2) is 0 Å². The second-order valence-electron chi connectivity index (χ2n) is 6.89. The maximum absolute atomic E-state index is 12.4. The Hall–Kier alpha value is -3.61. The minimum Gasteiger partial charge on any atom is -0.494 e. The molecule has 0 heterocycles. The molecule has 0 aliphatic heterocycles. The second-order valence-corrected chi connectivity index (χ2v) is 10.2. The van der Waals surface area contributed by atoms with Crippen LogP contribution in [0.15, 0.2) is 81.9 Å². The fraction of sp³-hybridized carbons (Fsp3) is 0.0952. The van der Waals surface area contributed by atoms with Gasteiger partial charge in [-0.25, -0.2) is 4.79 Å². The van der Waals surface area contributed by atoms with E-state index in [1.807, 2.05) is 0 Å². The zero-order valence-corrected chi connectivity index (χ0v) is 20.2. The van der Waals surface area contributed by atoms with E-state index in [0.717, 1.165) is 13.2 Å². The van der Waals surface area contributed by atoms with Gasteiger partial charge in [0.05, 0.1) is 34.4 Å². The van der Waals surface area contributed by atoms with Gasteiger partial charge in [-0.05, 0) is 48.5 Å². The van der Waals surface area contributed by atoms with E-state index in [1.54, 1.807) is 0 Å². The van der Waals surface area contributed by atoms with Crippen LogP contribution in [0.3, 0.4) is 0 Å². The third-order valence-corrected chi connectivity index (χ3v) is 6.78. The van der Waals surface area contributed by atoms with Gasteiger partial charge in [-0.15, -0.1) is 0 Å². The van der Waals surface area contributed by atoms with Crippen molar-refractivity contribution in [3.8, 4) is 5.75 Å². The topological polar surface area (TPSA) is 176 Å². The monoisotopic (exact) mass is 520 g/mol. The predicted molar refractivity (Wildman–Crippen MR) is 129 cm³/mol. The van der Waals surface area contributed by atoms with Crippen molar-refractivity contribution in [2.24, 2.45) is 10.2 Å². The summed E-state index contributed by atoms with van der Waals surface area (Å²) in [6.45, 7) is 0. The summed E-state index contributed by atoms with van der Waals surface area (Å²) in [4.78, 5) is 21.9. The van der Waals surface area contributed by atoms with Crippen molar-refractivity contribution in [1.29, 1.82) is 0 Å². The van der Waals surface area contributed by atoms with E-state index in [2.05, 4.69) is 25.4 Å². The average Bonchev–Trinajstić information content (AvgIpc) is 2.83. The normalized spacial score (nSPS) is 13.3. The van der Waals surface area contributed by atoms with Crippen LogP contribution in [0.4, 0.5) is 27.5 Å². The number of urea groups is 1. The Morgan fingerprint density at radius 2 is 1.63 bits per heavy atom. The summed E-state index contributed by atoms with van der Waals surface area (Å²) < 4.78 is 53.5. The minimum atomic E-state index is -4.37. The lowest BCUT2D eigenvalue weighted by molar-refractivity contribution is 0.262.